The number of hydrogen-bond acceptors (Lipinski definition) is 3. The maximum atomic E-state index is 11.8. The fourth-order valence-electron chi connectivity index (χ4n) is 2.11. The van der Waals surface area contributed by atoms with Gasteiger partial charge in [0.05, 0.1) is 10.6 Å². The number of pyridine rings is 1. The molecule has 124 valence electrons. The SMILES string of the molecule is N#Cc1ccc(NC(=O)NCCCCn2ccccc2=O)cc1Cl. The number of rotatable bonds is 6. The molecule has 2 N–H and O–H groups in total. The van der Waals surface area contributed by atoms with E-state index < -0.39 is 0 Å². The molecule has 0 saturated carbocycles. The second-order valence-corrected chi connectivity index (χ2v) is 5.53. The quantitative estimate of drug-likeness (QED) is 0.790. The van der Waals surface area contributed by atoms with Crippen LogP contribution in [0.4, 0.5) is 10.5 Å². The monoisotopic (exact) mass is 344 g/mol. The normalized spacial score (nSPS) is 10.0. The van der Waals surface area contributed by atoms with Gasteiger partial charge in [-0.25, -0.2) is 4.79 Å². The number of nitrogens with zero attached hydrogens (tertiary/aromatic N) is 2. The van der Waals surface area contributed by atoms with Crippen molar-refractivity contribution in [3.8, 4) is 6.07 Å². The van der Waals surface area contributed by atoms with Crippen LogP contribution >= 0.6 is 11.6 Å². The number of aromatic nitrogens is 1. The minimum absolute atomic E-state index is 0.0269. The number of carbonyl (C=O) groups is 1. The van der Waals surface area contributed by atoms with Gasteiger partial charge in [-0.15, -0.1) is 0 Å². The number of nitrogens with one attached hydrogen (secondary N) is 2. The lowest BCUT2D eigenvalue weighted by Gasteiger charge is -2.09. The van der Waals surface area contributed by atoms with Crippen molar-refractivity contribution in [2.45, 2.75) is 19.4 Å². The van der Waals surface area contributed by atoms with E-state index in [2.05, 4.69) is 10.6 Å². The Morgan fingerprint density at radius 2 is 2.08 bits per heavy atom. The zero-order valence-corrected chi connectivity index (χ0v) is 13.7. The Hall–Kier alpha value is -2.78. The van der Waals surface area contributed by atoms with Crippen LogP contribution < -0.4 is 16.2 Å². The summed E-state index contributed by atoms with van der Waals surface area (Å²) in [6, 6.07) is 11.4. The summed E-state index contributed by atoms with van der Waals surface area (Å²) in [5.41, 5.74) is 0.854. The molecule has 6 nitrogen and oxygen atoms in total. The lowest BCUT2D eigenvalue weighted by Crippen LogP contribution is -2.29. The molecule has 1 aromatic carbocycles. The summed E-state index contributed by atoms with van der Waals surface area (Å²) in [5, 5.41) is 14.5. The van der Waals surface area contributed by atoms with Gasteiger partial charge in [0.2, 0.25) is 5.56 Å². The molecule has 0 aliphatic carbocycles. The van der Waals surface area contributed by atoms with E-state index in [1.165, 1.54) is 12.1 Å². The van der Waals surface area contributed by atoms with E-state index in [4.69, 9.17) is 16.9 Å². The number of unbranched alkanes of at least 4 members (excludes halogenated alkanes) is 1. The Labute approximate surface area is 144 Å². The minimum atomic E-state index is -0.340. The Bertz CT molecular complexity index is 811. The van der Waals surface area contributed by atoms with Crippen LogP contribution in [0.1, 0.15) is 18.4 Å². The number of urea groups is 1. The molecule has 2 amide bonds. The van der Waals surface area contributed by atoms with Gasteiger partial charge in [-0.05, 0) is 37.1 Å². The molecule has 0 aliphatic rings. The minimum Gasteiger partial charge on any atom is -0.338 e. The molecule has 0 fully saturated rings. The Morgan fingerprint density at radius 3 is 2.79 bits per heavy atom. The van der Waals surface area contributed by atoms with Gasteiger partial charge in [-0.1, -0.05) is 17.7 Å². The van der Waals surface area contributed by atoms with Gasteiger partial charge in [-0.3, -0.25) is 4.79 Å². The predicted octanol–water partition coefficient (Wildman–Crippen LogP) is 2.98. The zero-order chi connectivity index (χ0) is 17.4. The van der Waals surface area contributed by atoms with E-state index in [-0.39, 0.29) is 11.6 Å². The molecule has 2 rings (SSSR count). The van der Waals surface area contributed by atoms with Crippen molar-refractivity contribution >= 4 is 23.3 Å². The molecule has 7 heteroatoms. The molecular formula is C17H17ClN4O2. The Kier molecular flexibility index (Phi) is 6.41. The second kappa shape index (κ2) is 8.75. The molecule has 0 saturated heterocycles. The van der Waals surface area contributed by atoms with Gasteiger partial charge < -0.3 is 15.2 Å². The van der Waals surface area contributed by atoms with E-state index in [0.29, 0.717) is 29.4 Å². The number of aryl methyl sites for hydroxylation is 1. The lowest BCUT2D eigenvalue weighted by molar-refractivity contribution is 0.252. The van der Waals surface area contributed by atoms with Crippen molar-refractivity contribution in [3.05, 3.63) is 63.5 Å². The summed E-state index contributed by atoms with van der Waals surface area (Å²) in [6.45, 7) is 1.12. The summed E-state index contributed by atoms with van der Waals surface area (Å²) >= 11 is 5.91. The van der Waals surface area contributed by atoms with Crippen molar-refractivity contribution in [2.24, 2.45) is 0 Å². The standard InChI is InChI=1S/C17H17ClN4O2/c18-15-11-14(7-6-13(15)12-19)21-17(24)20-8-2-4-10-22-9-3-1-5-16(22)23/h1,3,5-7,9,11H,2,4,8,10H2,(H2,20,21,24). The second-order valence-electron chi connectivity index (χ2n) is 5.13. The molecular weight excluding hydrogens is 328 g/mol. The first-order chi connectivity index (χ1) is 11.6. The molecule has 0 unspecified atom stereocenters. The van der Waals surface area contributed by atoms with Crippen LogP contribution in [0.25, 0.3) is 0 Å². The third-order valence-corrected chi connectivity index (χ3v) is 3.67. The molecule has 2 aromatic rings. The fourth-order valence-corrected chi connectivity index (χ4v) is 2.34. The van der Waals surface area contributed by atoms with Crippen molar-refractivity contribution in [1.29, 1.82) is 5.26 Å². The third kappa shape index (κ3) is 5.14. The average molecular weight is 345 g/mol. The molecule has 0 radical (unpaired) electrons. The lowest BCUT2D eigenvalue weighted by atomic mass is 10.2. The number of carbonyl (C=O) groups excluding carboxylic acids is 1. The van der Waals surface area contributed by atoms with Crippen LogP contribution in [0.15, 0.2) is 47.4 Å². The van der Waals surface area contributed by atoms with Gasteiger partial charge in [0, 0.05) is 31.0 Å². The van der Waals surface area contributed by atoms with Gasteiger partial charge in [-0.2, -0.15) is 5.26 Å². The third-order valence-electron chi connectivity index (χ3n) is 3.36. The smallest absolute Gasteiger partial charge is 0.319 e. The predicted molar refractivity (Wildman–Crippen MR) is 93.1 cm³/mol. The summed E-state index contributed by atoms with van der Waals surface area (Å²) in [4.78, 5) is 23.3. The molecule has 0 atom stereocenters. The van der Waals surface area contributed by atoms with E-state index in [1.54, 1.807) is 29.0 Å². The first-order valence-electron chi connectivity index (χ1n) is 7.50. The van der Waals surface area contributed by atoms with Crippen LogP contribution in [-0.2, 0) is 6.54 Å². The van der Waals surface area contributed by atoms with Crippen LogP contribution in [0.2, 0.25) is 5.02 Å². The Balaban J connectivity index is 1.70. The van der Waals surface area contributed by atoms with E-state index >= 15 is 0 Å². The number of amides is 2. The van der Waals surface area contributed by atoms with Crippen molar-refractivity contribution in [1.82, 2.24) is 9.88 Å². The Morgan fingerprint density at radius 1 is 1.25 bits per heavy atom. The highest BCUT2D eigenvalue weighted by molar-refractivity contribution is 6.32. The highest BCUT2D eigenvalue weighted by atomic mass is 35.5. The van der Waals surface area contributed by atoms with Crippen molar-refractivity contribution in [2.75, 3.05) is 11.9 Å². The molecule has 24 heavy (non-hydrogen) atoms. The van der Waals surface area contributed by atoms with E-state index in [1.807, 2.05) is 12.1 Å². The number of halogens is 1. The van der Waals surface area contributed by atoms with Crippen molar-refractivity contribution < 1.29 is 4.79 Å². The molecule has 0 spiro atoms. The highest BCUT2D eigenvalue weighted by Crippen LogP contribution is 2.19. The fraction of sp³-hybridized carbons (Fsp3) is 0.235. The largest absolute Gasteiger partial charge is 0.338 e. The average Bonchev–Trinajstić information content (AvgIpc) is 2.56. The number of nitriles is 1. The van der Waals surface area contributed by atoms with Crippen LogP contribution in [0.3, 0.4) is 0 Å². The number of anilines is 1. The first kappa shape index (κ1) is 17.6. The summed E-state index contributed by atoms with van der Waals surface area (Å²) in [7, 11) is 0. The van der Waals surface area contributed by atoms with Gasteiger partial charge >= 0.3 is 6.03 Å². The van der Waals surface area contributed by atoms with E-state index in [0.717, 1.165) is 12.8 Å². The highest BCUT2D eigenvalue weighted by Gasteiger charge is 2.04. The van der Waals surface area contributed by atoms with Gasteiger partial charge in [0.15, 0.2) is 0 Å². The van der Waals surface area contributed by atoms with Crippen LogP contribution in [-0.4, -0.2) is 17.1 Å². The summed E-state index contributed by atoms with van der Waals surface area (Å²) in [6.07, 6.45) is 3.28. The number of benzene rings is 1. The van der Waals surface area contributed by atoms with Crippen molar-refractivity contribution in [3.63, 3.8) is 0 Å². The van der Waals surface area contributed by atoms with Gasteiger partial charge in [0.25, 0.3) is 0 Å². The number of hydrogen-bond donors (Lipinski definition) is 2. The maximum Gasteiger partial charge on any atom is 0.319 e. The molecule has 0 bridgehead atoms. The molecule has 1 aromatic heterocycles. The van der Waals surface area contributed by atoms with Crippen LogP contribution in [0, 0.1) is 11.3 Å². The summed E-state index contributed by atoms with van der Waals surface area (Å²) in [5.74, 6) is 0. The summed E-state index contributed by atoms with van der Waals surface area (Å²) < 4.78 is 1.64. The molecule has 0 aliphatic heterocycles. The zero-order valence-electron chi connectivity index (χ0n) is 13.0. The van der Waals surface area contributed by atoms with Crippen LogP contribution in [0.5, 0.6) is 0 Å². The maximum absolute atomic E-state index is 11.8. The first-order valence-corrected chi connectivity index (χ1v) is 7.88. The topological polar surface area (TPSA) is 86.9 Å². The molecule has 1 heterocycles. The van der Waals surface area contributed by atoms with E-state index in [9.17, 15) is 9.59 Å². The van der Waals surface area contributed by atoms with Gasteiger partial charge in [0.1, 0.15) is 6.07 Å².